The Labute approximate surface area is 102 Å². The summed E-state index contributed by atoms with van der Waals surface area (Å²) in [5, 5.41) is 9.61. The molecule has 92 valence electrons. The molecule has 2 aliphatic rings. The van der Waals surface area contributed by atoms with Crippen molar-refractivity contribution in [3.63, 3.8) is 0 Å². The zero-order chi connectivity index (χ0) is 11.8. The lowest BCUT2D eigenvalue weighted by Gasteiger charge is -2.33. The average Bonchev–Trinajstić information content (AvgIpc) is 2.73. The van der Waals surface area contributed by atoms with Gasteiger partial charge in [-0.1, -0.05) is 6.92 Å². The molecule has 17 heavy (non-hydrogen) atoms. The van der Waals surface area contributed by atoms with Crippen molar-refractivity contribution < 1.29 is 9.84 Å². The number of nitrogens with zero attached hydrogens (tertiary/aromatic N) is 1. The molecule has 0 aromatic heterocycles. The Bertz CT molecular complexity index is 419. The maximum atomic E-state index is 9.61. The first kappa shape index (κ1) is 10.9. The van der Waals surface area contributed by atoms with Gasteiger partial charge in [0.1, 0.15) is 18.1 Å². The van der Waals surface area contributed by atoms with Crippen LogP contribution in [0.25, 0.3) is 0 Å². The van der Waals surface area contributed by atoms with E-state index < -0.39 is 0 Å². The number of phenolic OH excluding ortho intramolecular Hbond substituents is 1. The molecule has 0 radical (unpaired) electrons. The molecule has 2 aliphatic heterocycles. The van der Waals surface area contributed by atoms with Crippen molar-refractivity contribution in [1.82, 2.24) is 4.90 Å². The Morgan fingerprint density at radius 1 is 1.47 bits per heavy atom. The van der Waals surface area contributed by atoms with E-state index in [0.717, 1.165) is 25.4 Å². The van der Waals surface area contributed by atoms with Gasteiger partial charge in [0.2, 0.25) is 0 Å². The van der Waals surface area contributed by atoms with Gasteiger partial charge in [0.05, 0.1) is 6.04 Å². The molecule has 2 atom stereocenters. The molecule has 3 nitrogen and oxygen atoms in total. The zero-order valence-corrected chi connectivity index (χ0v) is 10.2. The quantitative estimate of drug-likeness (QED) is 0.851. The molecular formula is C14H19NO2. The van der Waals surface area contributed by atoms with Crippen molar-refractivity contribution in [2.45, 2.75) is 31.7 Å². The Hall–Kier alpha value is -1.22. The van der Waals surface area contributed by atoms with E-state index in [1.807, 2.05) is 12.1 Å². The molecule has 3 heteroatoms. The van der Waals surface area contributed by atoms with Gasteiger partial charge in [-0.3, -0.25) is 4.90 Å². The summed E-state index contributed by atoms with van der Waals surface area (Å²) >= 11 is 0. The fourth-order valence-electron chi connectivity index (χ4n) is 3.20. The van der Waals surface area contributed by atoms with Crippen molar-refractivity contribution >= 4 is 0 Å². The van der Waals surface area contributed by atoms with E-state index in [1.54, 1.807) is 6.07 Å². The highest BCUT2D eigenvalue weighted by molar-refractivity contribution is 5.44. The van der Waals surface area contributed by atoms with Gasteiger partial charge in [0.25, 0.3) is 0 Å². The van der Waals surface area contributed by atoms with Crippen LogP contribution in [0, 0.1) is 0 Å². The monoisotopic (exact) mass is 233 g/mol. The molecule has 1 fully saturated rings. The van der Waals surface area contributed by atoms with E-state index in [2.05, 4.69) is 11.8 Å². The van der Waals surface area contributed by atoms with Gasteiger partial charge in [-0.05, 0) is 44.1 Å². The fraction of sp³-hybridized carbons (Fsp3) is 0.571. The summed E-state index contributed by atoms with van der Waals surface area (Å²) in [6, 6.07) is 5.98. The second-order valence-corrected chi connectivity index (χ2v) is 5.03. The van der Waals surface area contributed by atoms with Gasteiger partial charge >= 0.3 is 0 Å². The van der Waals surface area contributed by atoms with Crippen LogP contribution in [0.3, 0.4) is 0 Å². The van der Waals surface area contributed by atoms with Crippen LogP contribution < -0.4 is 4.74 Å². The normalized spacial score (nSPS) is 27.4. The van der Waals surface area contributed by atoms with E-state index in [4.69, 9.17) is 4.74 Å². The summed E-state index contributed by atoms with van der Waals surface area (Å²) < 4.78 is 5.82. The van der Waals surface area contributed by atoms with Crippen LogP contribution in [0.4, 0.5) is 0 Å². The first-order valence-corrected chi connectivity index (χ1v) is 6.49. The Balaban J connectivity index is 1.90. The molecule has 0 spiro atoms. The van der Waals surface area contributed by atoms with E-state index in [9.17, 15) is 5.11 Å². The van der Waals surface area contributed by atoms with Crippen LogP contribution in [-0.2, 0) is 0 Å². The highest BCUT2D eigenvalue weighted by atomic mass is 16.5. The van der Waals surface area contributed by atoms with E-state index in [0.29, 0.717) is 17.7 Å². The zero-order valence-electron chi connectivity index (χ0n) is 10.2. The second-order valence-electron chi connectivity index (χ2n) is 5.03. The SMILES string of the molecule is CCCN1CC[C@@H]2c3cc(O)ccc3OC[C@@H]21. The summed E-state index contributed by atoms with van der Waals surface area (Å²) in [4.78, 5) is 2.53. The van der Waals surface area contributed by atoms with Crippen molar-refractivity contribution in [3.8, 4) is 11.5 Å². The molecule has 1 aromatic carbocycles. The number of aromatic hydroxyl groups is 1. The number of hydrogen-bond acceptors (Lipinski definition) is 3. The predicted molar refractivity (Wildman–Crippen MR) is 66.6 cm³/mol. The van der Waals surface area contributed by atoms with Crippen LogP contribution in [0.15, 0.2) is 18.2 Å². The molecule has 1 saturated heterocycles. The van der Waals surface area contributed by atoms with Crippen molar-refractivity contribution in [2.24, 2.45) is 0 Å². The largest absolute Gasteiger partial charge is 0.508 e. The minimum atomic E-state index is 0.349. The summed E-state index contributed by atoms with van der Waals surface area (Å²) in [5.41, 5.74) is 1.19. The number of likely N-dealkylation sites (tertiary alicyclic amines) is 1. The number of phenols is 1. The van der Waals surface area contributed by atoms with Crippen LogP contribution in [0.1, 0.15) is 31.2 Å². The Morgan fingerprint density at radius 3 is 3.18 bits per heavy atom. The Morgan fingerprint density at radius 2 is 2.35 bits per heavy atom. The van der Waals surface area contributed by atoms with Crippen LogP contribution in [0.2, 0.25) is 0 Å². The minimum Gasteiger partial charge on any atom is -0.508 e. The second kappa shape index (κ2) is 4.22. The molecular weight excluding hydrogens is 214 g/mol. The number of rotatable bonds is 2. The highest BCUT2D eigenvalue weighted by Crippen LogP contribution is 2.43. The number of hydrogen-bond donors (Lipinski definition) is 1. The molecule has 1 aromatic rings. The summed E-state index contributed by atoms with van der Waals surface area (Å²) in [6.45, 7) is 5.32. The standard InChI is InChI=1S/C14H19NO2/c1-2-6-15-7-5-11-12-8-10(16)3-4-14(12)17-9-13(11)15/h3-4,8,11,13,16H,2,5-7,9H2,1H3/t11-,13+/m1/s1. The van der Waals surface area contributed by atoms with E-state index in [-0.39, 0.29) is 0 Å². The van der Waals surface area contributed by atoms with Gasteiger partial charge in [0, 0.05) is 11.5 Å². The highest BCUT2D eigenvalue weighted by Gasteiger charge is 2.39. The molecule has 0 saturated carbocycles. The van der Waals surface area contributed by atoms with Crippen molar-refractivity contribution in [2.75, 3.05) is 19.7 Å². The molecule has 0 bridgehead atoms. The van der Waals surface area contributed by atoms with Crippen molar-refractivity contribution in [3.05, 3.63) is 23.8 Å². The summed E-state index contributed by atoms with van der Waals surface area (Å²) in [6.07, 6.45) is 2.38. The molecule has 3 rings (SSSR count). The topological polar surface area (TPSA) is 32.7 Å². The number of benzene rings is 1. The minimum absolute atomic E-state index is 0.349. The third-order valence-electron chi connectivity index (χ3n) is 3.97. The van der Waals surface area contributed by atoms with Crippen LogP contribution >= 0.6 is 0 Å². The van der Waals surface area contributed by atoms with Crippen LogP contribution in [0.5, 0.6) is 11.5 Å². The van der Waals surface area contributed by atoms with Gasteiger partial charge in [-0.25, -0.2) is 0 Å². The molecule has 0 amide bonds. The lowest BCUT2D eigenvalue weighted by Crippen LogP contribution is -2.39. The first-order valence-electron chi connectivity index (χ1n) is 6.49. The van der Waals surface area contributed by atoms with Gasteiger partial charge in [-0.2, -0.15) is 0 Å². The van der Waals surface area contributed by atoms with Gasteiger partial charge < -0.3 is 9.84 Å². The summed E-state index contributed by atoms with van der Waals surface area (Å²) in [7, 11) is 0. The lowest BCUT2D eigenvalue weighted by molar-refractivity contribution is 0.147. The third kappa shape index (κ3) is 1.78. The average molecular weight is 233 g/mol. The smallest absolute Gasteiger partial charge is 0.123 e. The molecule has 2 heterocycles. The summed E-state index contributed by atoms with van der Waals surface area (Å²) in [5.74, 6) is 1.85. The first-order chi connectivity index (χ1) is 8.29. The molecule has 0 unspecified atom stereocenters. The third-order valence-corrected chi connectivity index (χ3v) is 3.97. The van der Waals surface area contributed by atoms with E-state index >= 15 is 0 Å². The van der Waals surface area contributed by atoms with Crippen LogP contribution in [-0.4, -0.2) is 35.7 Å². The predicted octanol–water partition coefficient (Wildman–Crippen LogP) is 2.35. The molecule has 0 aliphatic carbocycles. The van der Waals surface area contributed by atoms with Gasteiger partial charge in [0.15, 0.2) is 0 Å². The maximum absolute atomic E-state index is 9.61. The number of fused-ring (bicyclic) bond motifs is 3. The van der Waals surface area contributed by atoms with Gasteiger partial charge in [-0.15, -0.1) is 0 Å². The Kier molecular flexibility index (Phi) is 2.71. The van der Waals surface area contributed by atoms with E-state index in [1.165, 1.54) is 18.4 Å². The number of ether oxygens (including phenoxy) is 1. The maximum Gasteiger partial charge on any atom is 0.123 e. The lowest BCUT2D eigenvalue weighted by atomic mass is 9.89. The van der Waals surface area contributed by atoms with Crippen molar-refractivity contribution in [1.29, 1.82) is 0 Å². The molecule has 1 N–H and O–H groups in total. The fourth-order valence-corrected chi connectivity index (χ4v) is 3.20.